The van der Waals surface area contributed by atoms with Crippen molar-refractivity contribution < 1.29 is 14.3 Å². The summed E-state index contributed by atoms with van der Waals surface area (Å²) in [6.07, 6.45) is 3.82. The summed E-state index contributed by atoms with van der Waals surface area (Å²) in [6.45, 7) is 2.58. The van der Waals surface area contributed by atoms with Crippen LogP contribution in [0.2, 0.25) is 0 Å². The van der Waals surface area contributed by atoms with Gasteiger partial charge < -0.3 is 9.64 Å². The first-order chi connectivity index (χ1) is 7.15. The van der Waals surface area contributed by atoms with Gasteiger partial charge in [-0.2, -0.15) is 0 Å². The molecule has 4 nitrogen and oxygen atoms in total. The van der Waals surface area contributed by atoms with Crippen LogP contribution in [0.25, 0.3) is 0 Å². The molecule has 0 bridgehead atoms. The lowest BCUT2D eigenvalue weighted by Crippen LogP contribution is -2.34. The van der Waals surface area contributed by atoms with E-state index in [9.17, 15) is 9.59 Å². The highest BCUT2D eigenvalue weighted by Gasteiger charge is 2.32. The van der Waals surface area contributed by atoms with Crippen molar-refractivity contribution in [2.45, 2.75) is 32.6 Å². The molecule has 1 aliphatic rings. The predicted octanol–water partition coefficient (Wildman–Crippen LogP) is 1.20. The molecule has 0 aromatic rings. The van der Waals surface area contributed by atoms with Crippen LogP contribution >= 0.6 is 0 Å². The van der Waals surface area contributed by atoms with E-state index in [1.54, 1.807) is 7.05 Å². The summed E-state index contributed by atoms with van der Waals surface area (Å²) in [6, 6.07) is 0. The predicted molar refractivity (Wildman–Crippen MR) is 56.2 cm³/mol. The van der Waals surface area contributed by atoms with Crippen LogP contribution < -0.4 is 0 Å². The summed E-state index contributed by atoms with van der Waals surface area (Å²) in [5.41, 5.74) is 0. The summed E-state index contributed by atoms with van der Waals surface area (Å²) in [5.74, 6) is -0.0687. The van der Waals surface area contributed by atoms with E-state index >= 15 is 0 Å². The van der Waals surface area contributed by atoms with Crippen LogP contribution in [0.5, 0.6) is 0 Å². The molecule has 0 atom stereocenters. The Bertz CT molecular complexity index is 236. The quantitative estimate of drug-likeness (QED) is 0.492. The molecule has 1 aliphatic carbocycles. The second kappa shape index (κ2) is 5.73. The van der Waals surface area contributed by atoms with E-state index in [1.807, 2.05) is 6.92 Å². The van der Waals surface area contributed by atoms with E-state index in [-0.39, 0.29) is 24.3 Å². The number of carbonyl (C=O) groups excluding carboxylic acids is 2. The van der Waals surface area contributed by atoms with Gasteiger partial charge in [-0.1, -0.05) is 13.3 Å². The Morgan fingerprint density at radius 1 is 1.40 bits per heavy atom. The number of hydrogen-bond acceptors (Lipinski definition) is 3. The van der Waals surface area contributed by atoms with E-state index in [2.05, 4.69) is 0 Å². The van der Waals surface area contributed by atoms with Crippen LogP contribution in [0, 0.1) is 5.92 Å². The molecule has 0 saturated heterocycles. The molecule has 0 aliphatic heterocycles. The van der Waals surface area contributed by atoms with E-state index in [0.717, 1.165) is 25.7 Å². The molecule has 0 N–H and O–H groups in total. The summed E-state index contributed by atoms with van der Waals surface area (Å²) in [4.78, 5) is 24.2. The van der Waals surface area contributed by atoms with Crippen molar-refractivity contribution in [3.8, 4) is 0 Å². The van der Waals surface area contributed by atoms with Gasteiger partial charge in [-0.3, -0.25) is 9.59 Å². The fourth-order valence-electron chi connectivity index (χ4n) is 1.29. The van der Waals surface area contributed by atoms with Gasteiger partial charge in [0.25, 0.3) is 0 Å². The maximum atomic E-state index is 11.5. The Balaban J connectivity index is 2.15. The van der Waals surface area contributed by atoms with Crippen molar-refractivity contribution in [2.24, 2.45) is 5.92 Å². The van der Waals surface area contributed by atoms with Gasteiger partial charge in [0.15, 0.2) is 0 Å². The van der Waals surface area contributed by atoms with Gasteiger partial charge in [0.05, 0.1) is 6.61 Å². The smallest absolute Gasteiger partial charge is 0.325 e. The van der Waals surface area contributed by atoms with Crippen molar-refractivity contribution >= 4 is 11.9 Å². The number of ether oxygens (including phenoxy) is 1. The Hall–Kier alpha value is -1.06. The van der Waals surface area contributed by atoms with Crippen LogP contribution in [0.4, 0.5) is 0 Å². The lowest BCUT2D eigenvalue weighted by molar-refractivity contribution is -0.148. The first-order valence-electron chi connectivity index (χ1n) is 5.55. The van der Waals surface area contributed by atoms with E-state index < -0.39 is 0 Å². The zero-order valence-electron chi connectivity index (χ0n) is 9.49. The molecule has 86 valence electrons. The van der Waals surface area contributed by atoms with Gasteiger partial charge in [-0.15, -0.1) is 0 Å². The lowest BCUT2D eigenvalue weighted by Gasteiger charge is -2.15. The maximum Gasteiger partial charge on any atom is 0.325 e. The Morgan fingerprint density at radius 2 is 2.07 bits per heavy atom. The third-order valence-electron chi connectivity index (χ3n) is 2.43. The third-order valence-corrected chi connectivity index (χ3v) is 2.43. The number of hydrogen-bond donors (Lipinski definition) is 0. The molecule has 1 amide bonds. The number of amides is 1. The van der Waals surface area contributed by atoms with Gasteiger partial charge in [-0.05, 0) is 19.3 Å². The highest BCUT2D eigenvalue weighted by atomic mass is 16.5. The van der Waals surface area contributed by atoms with Crippen LogP contribution in [0.15, 0.2) is 0 Å². The van der Waals surface area contributed by atoms with E-state index in [4.69, 9.17) is 4.74 Å². The topological polar surface area (TPSA) is 46.6 Å². The minimum atomic E-state index is -0.306. The average Bonchev–Trinajstić information content (AvgIpc) is 3.00. The van der Waals surface area contributed by atoms with Crippen LogP contribution in [-0.2, 0) is 14.3 Å². The number of nitrogens with zero attached hydrogens (tertiary/aromatic N) is 1. The average molecular weight is 213 g/mol. The van der Waals surface area contributed by atoms with Gasteiger partial charge >= 0.3 is 5.97 Å². The molecule has 15 heavy (non-hydrogen) atoms. The van der Waals surface area contributed by atoms with Crippen molar-refractivity contribution in [1.82, 2.24) is 4.90 Å². The Morgan fingerprint density at radius 3 is 2.60 bits per heavy atom. The molecular formula is C11H19NO3. The largest absolute Gasteiger partial charge is 0.464 e. The molecule has 0 radical (unpaired) electrons. The van der Waals surface area contributed by atoms with Crippen LogP contribution in [0.3, 0.4) is 0 Å². The molecule has 0 unspecified atom stereocenters. The first kappa shape index (κ1) is 12.0. The van der Waals surface area contributed by atoms with Crippen molar-refractivity contribution in [3.05, 3.63) is 0 Å². The molecule has 1 rings (SSSR count). The fourth-order valence-corrected chi connectivity index (χ4v) is 1.29. The Kier molecular flexibility index (Phi) is 4.59. The van der Waals surface area contributed by atoms with E-state index in [1.165, 1.54) is 4.90 Å². The standard InChI is InChI=1S/C11H19NO3/c1-3-4-7-15-10(13)8-12(2)11(14)9-5-6-9/h9H,3-8H2,1-2H3. The van der Waals surface area contributed by atoms with Gasteiger partial charge in [-0.25, -0.2) is 0 Å². The molecule has 4 heteroatoms. The lowest BCUT2D eigenvalue weighted by atomic mass is 10.3. The van der Waals surface area contributed by atoms with E-state index in [0.29, 0.717) is 6.61 Å². The highest BCUT2D eigenvalue weighted by Crippen LogP contribution is 2.30. The second-order valence-electron chi connectivity index (χ2n) is 4.04. The molecule has 0 aromatic carbocycles. The molecule has 0 heterocycles. The molecule has 1 saturated carbocycles. The van der Waals surface area contributed by atoms with Gasteiger partial charge in [0.2, 0.25) is 5.91 Å². The molecule has 0 aromatic heterocycles. The summed E-state index contributed by atoms with van der Waals surface area (Å²) in [5, 5.41) is 0. The number of esters is 1. The summed E-state index contributed by atoms with van der Waals surface area (Å²) >= 11 is 0. The van der Waals surface area contributed by atoms with Crippen molar-refractivity contribution in [1.29, 1.82) is 0 Å². The van der Waals surface area contributed by atoms with Crippen LogP contribution in [0.1, 0.15) is 32.6 Å². The maximum absolute atomic E-state index is 11.5. The monoisotopic (exact) mass is 213 g/mol. The third kappa shape index (κ3) is 4.32. The number of carbonyl (C=O) groups is 2. The van der Waals surface area contributed by atoms with Crippen LogP contribution in [-0.4, -0.2) is 37.0 Å². The van der Waals surface area contributed by atoms with Gasteiger partial charge in [0.1, 0.15) is 6.54 Å². The Labute approximate surface area is 90.6 Å². The minimum Gasteiger partial charge on any atom is -0.464 e. The van der Waals surface area contributed by atoms with Crippen molar-refractivity contribution in [3.63, 3.8) is 0 Å². The zero-order valence-corrected chi connectivity index (χ0v) is 9.49. The SMILES string of the molecule is CCCCOC(=O)CN(C)C(=O)C1CC1. The summed E-state index contributed by atoms with van der Waals surface area (Å²) < 4.78 is 4.97. The normalized spacial score (nSPS) is 14.8. The highest BCUT2D eigenvalue weighted by molar-refractivity contribution is 5.84. The van der Waals surface area contributed by atoms with Gasteiger partial charge in [0, 0.05) is 13.0 Å². The molecular weight excluding hydrogens is 194 g/mol. The zero-order chi connectivity index (χ0) is 11.3. The minimum absolute atomic E-state index is 0.0717. The number of likely N-dealkylation sites (N-methyl/N-ethyl adjacent to an activating group) is 1. The summed E-state index contributed by atoms with van der Waals surface area (Å²) in [7, 11) is 1.65. The molecule has 0 spiro atoms. The number of rotatable bonds is 6. The molecule has 1 fully saturated rings. The fraction of sp³-hybridized carbons (Fsp3) is 0.818. The van der Waals surface area contributed by atoms with Crippen molar-refractivity contribution in [2.75, 3.05) is 20.2 Å². The number of unbranched alkanes of at least 4 members (excludes halogenated alkanes) is 1. The first-order valence-corrected chi connectivity index (χ1v) is 5.55. The second-order valence-corrected chi connectivity index (χ2v) is 4.04.